The molecule has 1 fully saturated rings. The quantitative estimate of drug-likeness (QED) is 0.510. The van der Waals surface area contributed by atoms with Crippen molar-refractivity contribution < 1.29 is 43.2 Å². The molecule has 0 aliphatic carbocycles. The van der Waals surface area contributed by atoms with Gasteiger partial charge in [0.05, 0.1) is 6.61 Å². The Morgan fingerprint density at radius 1 is 0.909 bits per heavy atom. The molecule has 126 valence electrons. The third-order valence-corrected chi connectivity index (χ3v) is 2.85. The van der Waals surface area contributed by atoms with Gasteiger partial charge >= 0.3 is 17.9 Å². The molecule has 1 heterocycles. The van der Waals surface area contributed by atoms with Crippen molar-refractivity contribution in [2.75, 3.05) is 13.7 Å². The Morgan fingerprint density at radius 2 is 1.36 bits per heavy atom. The van der Waals surface area contributed by atoms with E-state index in [0.717, 1.165) is 13.8 Å². The SMILES string of the molecule is COC[C@H]1OC(O)[C@H](OC(C)=O)[C@@H](OC(C)=O)[C@H]1OC(C)=O. The number of hydrogen-bond donors (Lipinski definition) is 1. The first-order chi connectivity index (χ1) is 10.3. The summed E-state index contributed by atoms with van der Waals surface area (Å²) in [6, 6.07) is 0. The molecular weight excluding hydrogens is 300 g/mol. The van der Waals surface area contributed by atoms with E-state index < -0.39 is 48.6 Å². The highest BCUT2D eigenvalue weighted by molar-refractivity contribution is 5.68. The summed E-state index contributed by atoms with van der Waals surface area (Å²) in [5, 5.41) is 9.96. The highest BCUT2D eigenvalue weighted by atomic mass is 16.7. The number of carbonyl (C=O) groups excluding carboxylic acids is 3. The van der Waals surface area contributed by atoms with Gasteiger partial charge in [0.15, 0.2) is 24.6 Å². The molecule has 0 aromatic carbocycles. The Balaban J connectivity index is 3.09. The van der Waals surface area contributed by atoms with Crippen molar-refractivity contribution in [2.45, 2.75) is 51.5 Å². The van der Waals surface area contributed by atoms with Gasteiger partial charge < -0.3 is 28.8 Å². The normalized spacial score (nSPS) is 31.2. The summed E-state index contributed by atoms with van der Waals surface area (Å²) >= 11 is 0. The zero-order chi connectivity index (χ0) is 16.9. The highest BCUT2D eigenvalue weighted by Crippen LogP contribution is 2.27. The molecule has 0 bridgehead atoms. The van der Waals surface area contributed by atoms with Crippen LogP contribution in [-0.2, 0) is 38.1 Å². The van der Waals surface area contributed by atoms with Gasteiger partial charge in [0.25, 0.3) is 0 Å². The molecular formula is C13H20O9. The lowest BCUT2D eigenvalue weighted by atomic mass is 9.98. The molecule has 1 aliphatic rings. The molecule has 1 aliphatic heterocycles. The Labute approximate surface area is 127 Å². The second kappa shape index (κ2) is 8.06. The summed E-state index contributed by atoms with van der Waals surface area (Å²) in [6.45, 7) is 3.41. The summed E-state index contributed by atoms with van der Waals surface area (Å²) in [7, 11) is 1.39. The van der Waals surface area contributed by atoms with Crippen LogP contribution in [0.4, 0.5) is 0 Å². The van der Waals surface area contributed by atoms with Crippen molar-refractivity contribution in [3.63, 3.8) is 0 Å². The van der Waals surface area contributed by atoms with Gasteiger partial charge in [-0.15, -0.1) is 0 Å². The van der Waals surface area contributed by atoms with Gasteiger partial charge in [0.1, 0.15) is 6.10 Å². The van der Waals surface area contributed by atoms with Gasteiger partial charge in [-0.05, 0) is 0 Å². The van der Waals surface area contributed by atoms with Crippen molar-refractivity contribution in [3.05, 3.63) is 0 Å². The lowest BCUT2D eigenvalue weighted by Crippen LogP contribution is -2.62. The fourth-order valence-corrected chi connectivity index (χ4v) is 2.17. The van der Waals surface area contributed by atoms with E-state index in [2.05, 4.69) is 0 Å². The summed E-state index contributed by atoms with van der Waals surface area (Å²) in [4.78, 5) is 33.7. The molecule has 0 aromatic rings. The van der Waals surface area contributed by atoms with Crippen molar-refractivity contribution in [2.24, 2.45) is 0 Å². The lowest BCUT2D eigenvalue weighted by Gasteiger charge is -2.42. The van der Waals surface area contributed by atoms with Crippen LogP contribution in [-0.4, -0.2) is 67.4 Å². The Hall–Kier alpha value is -1.71. The number of aliphatic hydroxyl groups excluding tert-OH is 1. The van der Waals surface area contributed by atoms with Crippen LogP contribution in [0.25, 0.3) is 0 Å². The maximum atomic E-state index is 11.3. The zero-order valence-corrected chi connectivity index (χ0v) is 12.8. The number of methoxy groups -OCH3 is 1. The third-order valence-electron chi connectivity index (χ3n) is 2.85. The predicted molar refractivity (Wildman–Crippen MR) is 69.4 cm³/mol. The first-order valence-electron chi connectivity index (χ1n) is 6.60. The van der Waals surface area contributed by atoms with Crippen LogP contribution in [0, 0.1) is 0 Å². The predicted octanol–water partition coefficient (Wildman–Crippen LogP) is -0.855. The minimum Gasteiger partial charge on any atom is -0.456 e. The summed E-state index contributed by atoms with van der Waals surface area (Å²) < 4.78 is 25.3. The summed E-state index contributed by atoms with van der Waals surface area (Å²) in [5.74, 6) is -2.05. The molecule has 0 amide bonds. The monoisotopic (exact) mass is 320 g/mol. The number of hydrogen-bond acceptors (Lipinski definition) is 9. The van der Waals surface area contributed by atoms with E-state index in [4.69, 9.17) is 23.7 Å². The number of rotatable bonds is 5. The van der Waals surface area contributed by atoms with Gasteiger partial charge in [-0.2, -0.15) is 0 Å². The first-order valence-corrected chi connectivity index (χ1v) is 6.60. The van der Waals surface area contributed by atoms with E-state index in [1.807, 2.05) is 0 Å². The van der Waals surface area contributed by atoms with Crippen molar-refractivity contribution in [1.82, 2.24) is 0 Å². The van der Waals surface area contributed by atoms with Gasteiger partial charge in [0.2, 0.25) is 0 Å². The van der Waals surface area contributed by atoms with Crippen LogP contribution >= 0.6 is 0 Å². The fraction of sp³-hybridized carbons (Fsp3) is 0.769. The van der Waals surface area contributed by atoms with Crippen molar-refractivity contribution >= 4 is 17.9 Å². The summed E-state index contributed by atoms with van der Waals surface area (Å²) in [5.41, 5.74) is 0. The van der Waals surface area contributed by atoms with Crippen LogP contribution in [0.3, 0.4) is 0 Å². The Kier molecular flexibility index (Phi) is 6.72. The lowest BCUT2D eigenvalue weighted by molar-refractivity contribution is -0.296. The number of carbonyl (C=O) groups is 3. The zero-order valence-electron chi connectivity index (χ0n) is 12.8. The van der Waals surface area contributed by atoms with Gasteiger partial charge in [0, 0.05) is 27.9 Å². The maximum Gasteiger partial charge on any atom is 0.303 e. The molecule has 0 radical (unpaired) electrons. The molecule has 9 nitrogen and oxygen atoms in total. The molecule has 1 rings (SSSR count). The molecule has 1 N–H and O–H groups in total. The second-order valence-corrected chi connectivity index (χ2v) is 4.74. The largest absolute Gasteiger partial charge is 0.456 e. The number of esters is 3. The third kappa shape index (κ3) is 4.93. The first kappa shape index (κ1) is 18.3. The average molecular weight is 320 g/mol. The van der Waals surface area contributed by atoms with Crippen LogP contribution in [0.2, 0.25) is 0 Å². The standard InChI is InChI=1S/C13H20O9/c1-6(14)19-10-9(5-18-4)22-13(17)12(21-8(3)16)11(10)20-7(2)15/h9-13,17H,5H2,1-4H3/t9-,10+,11+,12-,13?/m1/s1. The van der Waals surface area contributed by atoms with Crippen LogP contribution in [0.15, 0.2) is 0 Å². The van der Waals surface area contributed by atoms with E-state index in [0.29, 0.717) is 0 Å². The molecule has 0 spiro atoms. The molecule has 0 saturated carbocycles. The molecule has 22 heavy (non-hydrogen) atoms. The number of aliphatic hydroxyl groups is 1. The van der Waals surface area contributed by atoms with Crippen LogP contribution in [0.5, 0.6) is 0 Å². The molecule has 9 heteroatoms. The van der Waals surface area contributed by atoms with E-state index in [-0.39, 0.29) is 6.61 Å². The van der Waals surface area contributed by atoms with Gasteiger partial charge in [-0.1, -0.05) is 0 Å². The second-order valence-electron chi connectivity index (χ2n) is 4.74. The molecule has 5 atom stereocenters. The maximum absolute atomic E-state index is 11.3. The molecule has 0 aromatic heterocycles. The summed E-state index contributed by atoms with van der Waals surface area (Å²) in [6.07, 6.45) is -6.07. The van der Waals surface area contributed by atoms with Gasteiger partial charge in [-0.3, -0.25) is 14.4 Å². The van der Waals surface area contributed by atoms with E-state index >= 15 is 0 Å². The highest BCUT2D eigenvalue weighted by Gasteiger charge is 2.51. The van der Waals surface area contributed by atoms with Crippen LogP contribution < -0.4 is 0 Å². The Bertz CT molecular complexity index is 422. The Morgan fingerprint density at radius 3 is 1.82 bits per heavy atom. The van der Waals surface area contributed by atoms with E-state index in [1.54, 1.807) is 0 Å². The van der Waals surface area contributed by atoms with Crippen molar-refractivity contribution in [1.29, 1.82) is 0 Å². The van der Waals surface area contributed by atoms with Crippen LogP contribution in [0.1, 0.15) is 20.8 Å². The van der Waals surface area contributed by atoms with Crippen molar-refractivity contribution in [3.8, 4) is 0 Å². The smallest absolute Gasteiger partial charge is 0.303 e. The molecule has 1 saturated heterocycles. The van der Waals surface area contributed by atoms with E-state index in [1.165, 1.54) is 14.0 Å². The number of ether oxygens (including phenoxy) is 5. The minimum atomic E-state index is -1.56. The van der Waals surface area contributed by atoms with E-state index in [9.17, 15) is 19.5 Å². The minimum absolute atomic E-state index is 0.0282. The average Bonchev–Trinajstić information content (AvgIpc) is 2.37. The van der Waals surface area contributed by atoms with Gasteiger partial charge in [-0.25, -0.2) is 0 Å². The molecule has 1 unspecified atom stereocenters. The fourth-order valence-electron chi connectivity index (χ4n) is 2.17. The topological polar surface area (TPSA) is 118 Å².